The highest BCUT2D eigenvalue weighted by atomic mass is 16.5. The largest absolute Gasteiger partial charge is 0.369 e. The Hall–Kier alpha value is -1.62. The van der Waals surface area contributed by atoms with Gasteiger partial charge in [-0.15, -0.1) is 0 Å². The molecule has 0 aromatic carbocycles. The van der Waals surface area contributed by atoms with Crippen LogP contribution in [-0.2, 0) is 9.53 Å². The molecule has 0 unspecified atom stereocenters. The van der Waals surface area contributed by atoms with Gasteiger partial charge in [-0.25, -0.2) is 4.98 Å². The lowest BCUT2D eigenvalue weighted by Crippen LogP contribution is -2.22. The van der Waals surface area contributed by atoms with Crippen LogP contribution in [0.1, 0.15) is 13.8 Å². The first-order valence-corrected chi connectivity index (χ1v) is 5.54. The third kappa shape index (κ3) is 4.40. The summed E-state index contributed by atoms with van der Waals surface area (Å²) in [5, 5.41) is 2.78. The Kier molecular flexibility index (Phi) is 4.90. The molecule has 1 N–H and O–H groups in total. The molecule has 1 amide bonds. The fourth-order valence-electron chi connectivity index (χ4n) is 1.28. The highest BCUT2D eigenvalue weighted by molar-refractivity contribution is 5.94. The Morgan fingerprint density at radius 3 is 2.82 bits per heavy atom. The second-order valence-corrected chi connectivity index (χ2v) is 4.18. The Morgan fingerprint density at radius 1 is 1.53 bits per heavy atom. The lowest BCUT2D eigenvalue weighted by molar-refractivity contribution is -0.121. The van der Waals surface area contributed by atoms with Crippen LogP contribution in [-0.4, -0.2) is 37.7 Å². The number of carbonyl (C=O) groups excluding carboxylic acids is 1. The number of carbonyl (C=O) groups is 1. The Bertz CT molecular complexity index is 378. The first kappa shape index (κ1) is 13.4. The van der Waals surface area contributed by atoms with Gasteiger partial charge in [0, 0.05) is 20.3 Å². The topological polar surface area (TPSA) is 54.5 Å². The highest BCUT2D eigenvalue weighted by Crippen LogP contribution is 2.19. The molecule has 1 aromatic rings. The second kappa shape index (κ2) is 6.20. The second-order valence-electron chi connectivity index (χ2n) is 4.18. The molecule has 17 heavy (non-hydrogen) atoms. The highest BCUT2D eigenvalue weighted by Gasteiger charge is 2.09. The van der Waals surface area contributed by atoms with Crippen LogP contribution in [0.25, 0.3) is 0 Å². The van der Waals surface area contributed by atoms with Gasteiger partial charge < -0.3 is 15.0 Å². The van der Waals surface area contributed by atoms with Gasteiger partial charge in [-0.05, 0) is 26.0 Å². The van der Waals surface area contributed by atoms with Crippen LogP contribution < -0.4 is 10.2 Å². The van der Waals surface area contributed by atoms with Gasteiger partial charge in [0.05, 0.1) is 11.8 Å². The van der Waals surface area contributed by atoms with Crippen LogP contribution in [0.15, 0.2) is 18.3 Å². The van der Waals surface area contributed by atoms with Crippen molar-refractivity contribution >= 4 is 17.4 Å². The quantitative estimate of drug-likeness (QED) is 0.843. The van der Waals surface area contributed by atoms with Crippen LogP contribution in [0.2, 0.25) is 0 Å². The first-order valence-electron chi connectivity index (χ1n) is 5.54. The molecule has 0 aliphatic carbocycles. The van der Waals surface area contributed by atoms with Crippen molar-refractivity contribution in [1.82, 2.24) is 4.98 Å². The zero-order valence-corrected chi connectivity index (χ0v) is 10.7. The number of anilines is 2. The average Bonchev–Trinajstić information content (AvgIpc) is 2.27. The van der Waals surface area contributed by atoms with Gasteiger partial charge in [0.1, 0.15) is 6.61 Å². The number of nitrogens with one attached hydrogen (secondary N) is 1. The number of nitrogens with zero attached hydrogens (tertiary/aromatic N) is 2. The minimum Gasteiger partial charge on any atom is -0.369 e. The molecule has 5 nitrogen and oxygen atoms in total. The Morgan fingerprint density at radius 2 is 2.24 bits per heavy atom. The zero-order valence-electron chi connectivity index (χ0n) is 10.7. The number of rotatable bonds is 5. The van der Waals surface area contributed by atoms with Gasteiger partial charge in [0.15, 0.2) is 5.82 Å². The van der Waals surface area contributed by atoms with E-state index in [-0.39, 0.29) is 18.6 Å². The lowest BCUT2D eigenvalue weighted by Gasteiger charge is -2.16. The smallest absolute Gasteiger partial charge is 0.250 e. The summed E-state index contributed by atoms with van der Waals surface area (Å²) < 4.78 is 5.23. The minimum absolute atomic E-state index is 0.0444. The molecule has 0 bridgehead atoms. The van der Waals surface area contributed by atoms with Crippen LogP contribution >= 0.6 is 0 Å². The standard InChI is InChI=1S/C12H19N3O2/c1-9(2)17-8-11(16)14-10-6-5-7-13-12(10)15(3)4/h5-7,9H,8H2,1-4H3,(H,14,16). The van der Waals surface area contributed by atoms with Gasteiger partial charge >= 0.3 is 0 Å². The maximum Gasteiger partial charge on any atom is 0.250 e. The van der Waals surface area contributed by atoms with Crippen molar-refractivity contribution in [3.05, 3.63) is 18.3 Å². The van der Waals surface area contributed by atoms with E-state index in [4.69, 9.17) is 4.74 Å². The van der Waals surface area contributed by atoms with Crippen molar-refractivity contribution in [2.75, 3.05) is 30.9 Å². The van der Waals surface area contributed by atoms with E-state index in [1.165, 1.54) is 0 Å². The molecule has 0 saturated carbocycles. The normalized spacial score (nSPS) is 10.4. The summed E-state index contributed by atoms with van der Waals surface area (Å²) in [7, 11) is 3.76. The van der Waals surface area contributed by atoms with E-state index in [2.05, 4.69) is 10.3 Å². The summed E-state index contributed by atoms with van der Waals surface area (Å²) in [6.45, 7) is 3.84. The molecule has 5 heteroatoms. The number of hydrogen-bond acceptors (Lipinski definition) is 4. The van der Waals surface area contributed by atoms with E-state index in [0.717, 1.165) is 5.82 Å². The summed E-state index contributed by atoms with van der Waals surface area (Å²) in [6.07, 6.45) is 1.73. The summed E-state index contributed by atoms with van der Waals surface area (Å²) in [5.74, 6) is 0.556. The molecule has 0 fully saturated rings. The summed E-state index contributed by atoms with van der Waals surface area (Å²) in [4.78, 5) is 17.7. The zero-order chi connectivity index (χ0) is 12.8. The number of amides is 1. The molecular formula is C12H19N3O2. The molecule has 1 rings (SSSR count). The third-order valence-corrected chi connectivity index (χ3v) is 2.03. The van der Waals surface area contributed by atoms with Crippen molar-refractivity contribution in [3.8, 4) is 0 Å². The molecular weight excluding hydrogens is 218 g/mol. The number of hydrogen-bond donors (Lipinski definition) is 1. The van der Waals surface area contributed by atoms with Crippen molar-refractivity contribution in [3.63, 3.8) is 0 Å². The fourth-order valence-corrected chi connectivity index (χ4v) is 1.28. The lowest BCUT2D eigenvalue weighted by atomic mass is 10.3. The summed E-state index contributed by atoms with van der Waals surface area (Å²) in [5.41, 5.74) is 0.690. The van der Waals surface area contributed by atoms with Crippen LogP contribution in [0.5, 0.6) is 0 Å². The summed E-state index contributed by atoms with van der Waals surface area (Å²) >= 11 is 0. The van der Waals surface area contributed by atoms with Crippen LogP contribution in [0, 0.1) is 0 Å². The SMILES string of the molecule is CC(C)OCC(=O)Nc1cccnc1N(C)C. The van der Waals surface area contributed by atoms with E-state index in [1.807, 2.05) is 38.9 Å². The van der Waals surface area contributed by atoms with Crippen molar-refractivity contribution < 1.29 is 9.53 Å². The van der Waals surface area contributed by atoms with Crippen molar-refractivity contribution in [2.45, 2.75) is 20.0 Å². The van der Waals surface area contributed by atoms with Crippen LogP contribution in [0.4, 0.5) is 11.5 Å². The molecule has 1 heterocycles. The predicted octanol–water partition coefficient (Wildman–Crippen LogP) is 1.51. The fraction of sp³-hybridized carbons (Fsp3) is 0.500. The molecule has 0 atom stereocenters. The molecule has 0 aliphatic rings. The summed E-state index contributed by atoms with van der Waals surface area (Å²) in [6, 6.07) is 3.60. The van der Waals surface area contributed by atoms with Gasteiger partial charge in [0.25, 0.3) is 0 Å². The van der Waals surface area contributed by atoms with Gasteiger partial charge in [0.2, 0.25) is 5.91 Å². The van der Waals surface area contributed by atoms with Gasteiger partial charge in [-0.1, -0.05) is 0 Å². The number of ether oxygens (including phenoxy) is 1. The molecule has 0 spiro atoms. The molecule has 94 valence electrons. The van der Waals surface area contributed by atoms with Crippen molar-refractivity contribution in [2.24, 2.45) is 0 Å². The molecule has 0 saturated heterocycles. The van der Waals surface area contributed by atoms with Crippen LogP contribution in [0.3, 0.4) is 0 Å². The number of aromatic nitrogens is 1. The maximum absolute atomic E-state index is 11.6. The molecule has 1 aromatic heterocycles. The van der Waals surface area contributed by atoms with E-state index >= 15 is 0 Å². The predicted molar refractivity (Wildman–Crippen MR) is 68.3 cm³/mol. The van der Waals surface area contributed by atoms with E-state index < -0.39 is 0 Å². The molecule has 0 aliphatic heterocycles. The van der Waals surface area contributed by atoms with E-state index in [0.29, 0.717) is 5.69 Å². The first-order chi connectivity index (χ1) is 8.00. The number of pyridine rings is 1. The Labute approximate surface area is 102 Å². The van der Waals surface area contributed by atoms with E-state index in [1.54, 1.807) is 12.3 Å². The Balaban J connectivity index is 2.65. The van der Waals surface area contributed by atoms with E-state index in [9.17, 15) is 4.79 Å². The maximum atomic E-state index is 11.6. The van der Waals surface area contributed by atoms with Crippen molar-refractivity contribution in [1.29, 1.82) is 0 Å². The van der Waals surface area contributed by atoms with Gasteiger partial charge in [-0.2, -0.15) is 0 Å². The average molecular weight is 237 g/mol. The molecule has 0 radical (unpaired) electrons. The third-order valence-electron chi connectivity index (χ3n) is 2.03. The minimum atomic E-state index is -0.171. The monoisotopic (exact) mass is 237 g/mol. The van der Waals surface area contributed by atoms with Gasteiger partial charge in [-0.3, -0.25) is 4.79 Å².